The van der Waals surface area contributed by atoms with Gasteiger partial charge in [0.15, 0.2) is 0 Å². The van der Waals surface area contributed by atoms with Crippen LogP contribution in [-0.2, 0) is 0 Å². The van der Waals surface area contributed by atoms with E-state index in [0.717, 1.165) is 10.6 Å². The van der Waals surface area contributed by atoms with Crippen LogP contribution in [0.25, 0.3) is 0 Å². The second-order valence-electron chi connectivity index (χ2n) is 3.43. The third-order valence-corrected chi connectivity index (χ3v) is 2.96. The van der Waals surface area contributed by atoms with Gasteiger partial charge in [0.2, 0.25) is 0 Å². The summed E-state index contributed by atoms with van der Waals surface area (Å²) >= 11 is 1.65. The van der Waals surface area contributed by atoms with Crippen LogP contribution in [0.15, 0.2) is 29.2 Å². The molecule has 0 aliphatic rings. The standard InChI is InChI=1S/C11H14F3NS.ClH/c1-2-16-9-5-3-8(4-6-9)10(15)7-11(12,13)14;/h3-6,10H,2,7,15H2,1H3;1H/t10-;/m0./s1. The second kappa shape index (κ2) is 7.13. The van der Waals surface area contributed by atoms with Crippen LogP contribution in [0.5, 0.6) is 0 Å². The zero-order chi connectivity index (χ0) is 12.2. The van der Waals surface area contributed by atoms with Crippen LogP contribution >= 0.6 is 24.2 Å². The van der Waals surface area contributed by atoms with Crippen LogP contribution < -0.4 is 5.73 Å². The van der Waals surface area contributed by atoms with Gasteiger partial charge in [0, 0.05) is 10.9 Å². The van der Waals surface area contributed by atoms with Crippen LogP contribution in [0.4, 0.5) is 13.2 Å². The Morgan fingerprint density at radius 2 is 1.76 bits per heavy atom. The summed E-state index contributed by atoms with van der Waals surface area (Å²) in [6.07, 6.45) is -5.19. The minimum Gasteiger partial charge on any atom is -0.324 e. The van der Waals surface area contributed by atoms with Crippen molar-refractivity contribution in [2.75, 3.05) is 5.75 Å². The van der Waals surface area contributed by atoms with E-state index in [1.165, 1.54) is 0 Å². The molecular formula is C11H15ClF3NS. The lowest BCUT2D eigenvalue weighted by molar-refractivity contribution is -0.138. The fourth-order valence-corrected chi connectivity index (χ4v) is 2.01. The fraction of sp³-hybridized carbons (Fsp3) is 0.455. The lowest BCUT2D eigenvalue weighted by Gasteiger charge is -2.14. The van der Waals surface area contributed by atoms with Crippen molar-refractivity contribution >= 4 is 24.2 Å². The predicted octanol–water partition coefficient (Wildman–Crippen LogP) is 4.17. The van der Waals surface area contributed by atoms with Crippen LogP contribution in [0.1, 0.15) is 24.9 Å². The SMILES string of the molecule is CCSc1ccc([C@@H](N)CC(F)(F)F)cc1.Cl. The maximum atomic E-state index is 12.1. The first-order valence-electron chi connectivity index (χ1n) is 4.97. The minimum absolute atomic E-state index is 0. The fourth-order valence-electron chi connectivity index (χ4n) is 1.35. The highest BCUT2D eigenvalue weighted by molar-refractivity contribution is 7.99. The Bertz CT molecular complexity index is 326. The number of alkyl halides is 3. The molecule has 1 nitrogen and oxygen atoms in total. The molecule has 0 fully saturated rings. The lowest BCUT2D eigenvalue weighted by atomic mass is 10.0. The Labute approximate surface area is 109 Å². The van der Waals surface area contributed by atoms with Crippen LogP contribution in [0.2, 0.25) is 0 Å². The van der Waals surface area contributed by atoms with Gasteiger partial charge in [-0.1, -0.05) is 19.1 Å². The molecule has 0 unspecified atom stereocenters. The van der Waals surface area contributed by atoms with Gasteiger partial charge in [0.05, 0.1) is 6.42 Å². The number of nitrogens with two attached hydrogens (primary N) is 1. The van der Waals surface area contributed by atoms with Crippen molar-refractivity contribution in [3.05, 3.63) is 29.8 Å². The molecule has 1 aromatic rings. The normalized spacial score (nSPS) is 13.0. The second-order valence-corrected chi connectivity index (χ2v) is 4.77. The molecule has 6 heteroatoms. The summed E-state index contributed by atoms with van der Waals surface area (Å²) in [7, 11) is 0. The summed E-state index contributed by atoms with van der Waals surface area (Å²) in [5.74, 6) is 0.938. The summed E-state index contributed by atoms with van der Waals surface area (Å²) in [6.45, 7) is 2.02. The highest BCUT2D eigenvalue weighted by atomic mass is 35.5. The van der Waals surface area contributed by atoms with Crippen molar-refractivity contribution in [1.29, 1.82) is 0 Å². The third-order valence-electron chi connectivity index (χ3n) is 2.07. The van der Waals surface area contributed by atoms with E-state index in [-0.39, 0.29) is 12.4 Å². The summed E-state index contributed by atoms with van der Waals surface area (Å²) in [5, 5.41) is 0. The first kappa shape index (κ1) is 16.6. The van der Waals surface area contributed by atoms with E-state index >= 15 is 0 Å². The van der Waals surface area contributed by atoms with Gasteiger partial charge in [-0.05, 0) is 23.4 Å². The molecule has 0 aliphatic carbocycles. The van der Waals surface area contributed by atoms with E-state index in [4.69, 9.17) is 5.73 Å². The maximum Gasteiger partial charge on any atom is 0.390 e. The summed E-state index contributed by atoms with van der Waals surface area (Å²) in [5.41, 5.74) is 6.00. The van der Waals surface area contributed by atoms with Crippen molar-refractivity contribution in [1.82, 2.24) is 0 Å². The average Bonchev–Trinajstić information content (AvgIpc) is 2.16. The Hall–Kier alpha value is -0.390. The molecule has 0 heterocycles. The Balaban J connectivity index is 0.00000256. The van der Waals surface area contributed by atoms with Gasteiger partial charge in [0.25, 0.3) is 0 Å². The van der Waals surface area contributed by atoms with Crippen molar-refractivity contribution in [3.63, 3.8) is 0 Å². The number of benzene rings is 1. The molecule has 0 spiro atoms. The quantitative estimate of drug-likeness (QED) is 0.840. The summed E-state index contributed by atoms with van der Waals surface area (Å²) < 4.78 is 36.3. The molecule has 0 radical (unpaired) electrons. The van der Waals surface area contributed by atoms with Crippen molar-refractivity contribution in [3.8, 4) is 0 Å². The molecule has 0 saturated carbocycles. The maximum absolute atomic E-state index is 12.1. The smallest absolute Gasteiger partial charge is 0.324 e. The molecule has 98 valence electrons. The van der Waals surface area contributed by atoms with Gasteiger partial charge in [-0.3, -0.25) is 0 Å². The third kappa shape index (κ3) is 6.19. The van der Waals surface area contributed by atoms with Gasteiger partial charge in [-0.2, -0.15) is 13.2 Å². The first-order valence-corrected chi connectivity index (χ1v) is 5.96. The van der Waals surface area contributed by atoms with Gasteiger partial charge in [-0.25, -0.2) is 0 Å². The number of rotatable bonds is 4. The minimum atomic E-state index is -4.21. The molecule has 1 rings (SSSR count). The molecule has 17 heavy (non-hydrogen) atoms. The first-order chi connectivity index (χ1) is 7.42. The zero-order valence-corrected chi connectivity index (χ0v) is 11.0. The van der Waals surface area contributed by atoms with E-state index in [0.29, 0.717) is 5.56 Å². The van der Waals surface area contributed by atoms with Crippen molar-refractivity contribution in [2.45, 2.75) is 30.5 Å². The topological polar surface area (TPSA) is 26.0 Å². The van der Waals surface area contributed by atoms with E-state index < -0.39 is 18.6 Å². The van der Waals surface area contributed by atoms with Crippen molar-refractivity contribution < 1.29 is 13.2 Å². The molecule has 0 bridgehead atoms. The van der Waals surface area contributed by atoms with E-state index in [1.54, 1.807) is 36.0 Å². The zero-order valence-electron chi connectivity index (χ0n) is 9.33. The Morgan fingerprint density at radius 3 is 2.18 bits per heavy atom. The Kier molecular flexibility index (Phi) is 6.97. The molecule has 0 aromatic heterocycles. The van der Waals surface area contributed by atoms with Crippen LogP contribution in [0.3, 0.4) is 0 Å². The van der Waals surface area contributed by atoms with Gasteiger partial charge in [-0.15, -0.1) is 24.2 Å². The average molecular weight is 286 g/mol. The van der Waals surface area contributed by atoms with E-state index in [9.17, 15) is 13.2 Å². The van der Waals surface area contributed by atoms with Gasteiger partial charge in [0.1, 0.15) is 0 Å². The van der Waals surface area contributed by atoms with E-state index in [1.807, 2.05) is 6.92 Å². The van der Waals surface area contributed by atoms with Gasteiger partial charge >= 0.3 is 6.18 Å². The molecule has 1 aromatic carbocycles. The van der Waals surface area contributed by atoms with Crippen molar-refractivity contribution in [2.24, 2.45) is 5.73 Å². The van der Waals surface area contributed by atoms with Gasteiger partial charge < -0.3 is 5.73 Å². The molecule has 1 atom stereocenters. The number of halogens is 4. The molecule has 2 N–H and O–H groups in total. The summed E-state index contributed by atoms with van der Waals surface area (Å²) in [6, 6.07) is 5.96. The molecule has 0 aliphatic heterocycles. The molecule has 0 amide bonds. The number of hydrogen-bond acceptors (Lipinski definition) is 2. The summed E-state index contributed by atoms with van der Waals surface area (Å²) in [4.78, 5) is 1.05. The predicted molar refractivity (Wildman–Crippen MR) is 67.7 cm³/mol. The van der Waals surface area contributed by atoms with E-state index in [2.05, 4.69) is 0 Å². The molecule has 0 saturated heterocycles. The number of hydrogen-bond donors (Lipinski definition) is 1. The van der Waals surface area contributed by atoms with Crippen LogP contribution in [-0.4, -0.2) is 11.9 Å². The van der Waals surface area contributed by atoms with Crippen LogP contribution in [0, 0.1) is 0 Å². The highest BCUT2D eigenvalue weighted by Gasteiger charge is 2.30. The largest absolute Gasteiger partial charge is 0.390 e. The Morgan fingerprint density at radius 1 is 1.24 bits per heavy atom. The highest BCUT2D eigenvalue weighted by Crippen LogP contribution is 2.28. The number of thioether (sulfide) groups is 1. The molecular weight excluding hydrogens is 271 g/mol. The monoisotopic (exact) mass is 285 g/mol. The lowest BCUT2D eigenvalue weighted by Crippen LogP contribution is -2.20.